The van der Waals surface area contributed by atoms with E-state index in [2.05, 4.69) is 5.32 Å². The summed E-state index contributed by atoms with van der Waals surface area (Å²) < 4.78 is 37.9. The molecule has 0 aromatic heterocycles. The van der Waals surface area contributed by atoms with Crippen LogP contribution in [0.4, 0.5) is 13.2 Å². The van der Waals surface area contributed by atoms with E-state index in [1.165, 1.54) is 23.9 Å². The molecule has 1 aromatic rings. The molecule has 0 radical (unpaired) electrons. The fourth-order valence-corrected chi connectivity index (χ4v) is 2.33. The number of rotatable bonds is 1. The predicted molar refractivity (Wildman–Crippen MR) is 63.1 cm³/mol. The molecule has 0 spiro atoms. The third kappa shape index (κ3) is 2.70. The molecule has 0 amide bonds. The summed E-state index contributed by atoms with van der Waals surface area (Å²) in [4.78, 5) is 0. The second kappa shape index (κ2) is 4.44. The minimum absolute atomic E-state index is 0.309. The third-order valence-corrected chi connectivity index (χ3v) is 3.33. The van der Waals surface area contributed by atoms with Crippen LogP contribution in [-0.4, -0.2) is 5.50 Å². The Hall–Kier alpha value is -0.850. The molecule has 7 heteroatoms. The number of halogens is 4. The fraction of sp³-hybridized carbons (Fsp3) is 0.200. The van der Waals surface area contributed by atoms with Crippen molar-refractivity contribution in [2.75, 3.05) is 0 Å². The second-order valence-electron chi connectivity index (χ2n) is 3.42. The van der Waals surface area contributed by atoms with Gasteiger partial charge in [0.1, 0.15) is 5.50 Å². The molecule has 2 nitrogen and oxygen atoms in total. The van der Waals surface area contributed by atoms with Crippen molar-refractivity contribution in [1.29, 1.82) is 0 Å². The molecule has 1 heterocycles. The van der Waals surface area contributed by atoms with E-state index in [0.29, 0.717) is 11.3 Å². The maximum atomic E-state index is 12.6. The SMILES string of the molecule is NC1NC(c2ccc(Cl)c(C(F)(F)F)c2)=CS1. The molecule has 1 aliphatic rings. The van der Waals surface area contributed by atoms with E-state index < -0.39 is 11.7 Å². The first-order valence-corrected chi connectivity index (χ1v) is 5.95. The summed E-state index contributed by atoms with van der Waals surface area (Å²) >= 11 is 6.83. The van der Waals surface area contributed by atoms with Gasteiger partial charge in [-0.25, -0.2) is 0 Å². The number of alkyl halides is 3. The van der Waals surface area contributed by atoms with Crippen molar-refractivity contribution in [1.82, 2.24) is 5.32 Å². The van der Waals surface area contributed by atoms with Crippen molar-refractivity contribution in [3.63, 3.8) is 0 Å². The molecule has 0 aliphatic carbocycles. The van der Waals surface area contributed by atoms with Crippen LogP contribution in [0.3, 0.4) is 0 Å². The average Bonchev–Trinajstić information content (AvgIpc) is 2.64. The highest BCUT2D eigenvalue weighted by Crippen LogP contribution is 2.37. The Morgan fingerprint density at radius 1 is 1.35 bits per heavy atom. The Morgan fingerprint density at radius 2 is 2.06 bits per heavy atom. The lowest BCUT2D eigenvalue weighted by molar-refractivity contribution is -0.137. The molecule has 2 rings (SSSR count). The van der Waals surface area contributed by atoms with Gasteiger partial charge in [-0.2, -0.15) is 13.2 Å². The first-order valence-electron chi connectivity index (χ1n) is 4.63. The van der Waals surface area contributed by atoms with Crippen molar-refractivity contribution in [3.05, 3.63) is 39.8 Å². The maximum Gasteiger partial charge on any atom is 0.417 e. The highest BCUT2D eigenvalue weighted by Gasteiger charge is 2.33. The van der Waals surface area contributed by atoms with Crippen LogP contribution in [0.25, 0.3) is 5.70 Å². The summed E-state index contributed by atoms with van der Waals surface area (Å²) in [6.07, 6.45) is -4.46. The summed E-state index contributed by atoms with van der Waals surface area (Å²) in [5.74, 6) is 0. The Bertz CT molecular complexity index is 473. The maximum absolute atomic E-state index is 12.6. The summed E-state index contributed by atoms with van der Waals surface area (Å²) in [7, 11) is 0. The summed E-state index contributed by atoms with van der Waals surface area (Å²) in [5, 5.41) is 4.24. The van der Waals surface area contributed by atoms with Crippen LogP contribution < -0.4 is 11.1 Å². The molecule has 17 heavy (non-hydrogen) atoms. The normalized spacial score (nSPS) is 20.1. The van der Waals surface area contributed by atoms with Gasteiger partial charge in [-0.1, -0.05) is 29.4 Å². The summed E-state index contributed by atoms with van der Waals surface area (Å²) in [6.45, 7) is 0. The molecule has 0 saturated heterocycles. The minimum atomic E-state index is -4.46. The van der Waals surface area contributed by atoms with E-state index in [4.69, 9.17) is 17.3 Å². The summed E-state index contributed by atoms with van der Waals surface area (Å²) in [5.41, 5.74) is 5.39. The number of nitrogens with two attached hydrogens (primary N) is 1. The molecule has 0 fully saturated rings. The zero-order valence-electron chi connectivity index (χ0n) is 8.38. The first-order chi connectivity index (χ1) is 7.88. The van der Waals surface area contributed by atoms with Gasteiger partial charge >= 0.3 is 6.18 Å². The Balaban J connectivity index is 2.38. The van der Waals surface area contributed by atoms with Gasteiger partial charge in [-0.05, 0) is 23.1 Å². The number of thioether (sulfide) groups is 1. The van der Waals surface area contributed by atoms with Crippen molar-refractivity contribution in [2.24, 2.45) is 5.73 Å². The van der Waals surface area contributed by atoms with Gasteiger partial charge in [0, 0.05) is 5.70 Å². The zero-order valence-corrected chi connectivity index (χ0v) is 9.96. The van der Waals surface area contributed by atoms with Crippen LogP contribution in [-0.2, 0) is 6.18 Å². The third-order valence-electron chi connectivity index (χ3n) is 2.21. The van der Waals surface area contributed by atoms with Crippen LogP contribution in [0.2, 0.25) is 5.02 Å². The van der Waals surface area contributed by atoms with E-state index in [1.807, 2.05) is 0 Å². The van der Waals surface area contributed by atoms with Crippen LogP contribution >= 0.6 is 23.4 Å². The lowest BCUT2D eigenvalue weighted by atomic mass is 10.1. The van der Waals surface area contributed by atoms with Crippen LogP contribution in [0, 0.1) is 0 Å². The van der Waals surface area contributed by atoms with Crippen LogP contribution in [0.5, 0.6) is 0 Å². The Morgan fingerprint density at radius 3 is 2.59 bits per heavy atom. The molecule has 1 unspecified atom stereocenters. The van der Waals surface area contributed by atoms with E-state index in [9.17, 15) is 13.2 Å². The van der Waals surface area contributed by atoms with Crippen molar-refractivity contribution in [2.45, 2.75) is 11.7 Å². The minimum Gasteiger partial charge on any atom is -0.360 e. The molecule has 92 valence electrons. The van der Waals surface area contributed by atoms with Crippen molar-refractivity contribution >= 4 is 29.1 Å². The topological polar surface area (TPSA) is 38.0 Å². The fourth-order valence-electron chi connectivity index (χ4n) is 1.42. The second-order valence-corrected chi connectivity index (χ2v) is 4.85. The Kier molecular flexibility index (Phi) is 3.29. The Labute approximate surface area is 105 Å². The summed E-state index contributed by atoms with van der Waals surface area (Å²) in [6, 6.07) is 3.77. The number of hydrogen-bond donors (Lipinski definition) is 2. The van der Waals surface area contributed by atoms with Crippen molar-refractivity contribution < 1.29 is 13.2 Å². The van der Waals surface area contributed by atoms with Gasteiger partial charge in [-0.15, -0.1) is 0 Å². The van der Waals surface area contributed by atoms with Gasteiger partial charge in [-0.3, -0.25) is 0 Å². The lowest BCUT2D eigenvalue weighted by Crippen LogP contribution is -2.28. The predicted octanol–water partition coefficient (Wildman–Crippen LogP) is 3.24. The standard InChI is InChI=1S/C10H8ClF3N2S/c11-7-2-1-5(3-6(7)10(12,13)14)8-4-17-9(15)16-8/h1-4,9,16H,15H2. The molecule has 1 aromatic carbocycles. The molecule has 1 atom stereocenters. The monoisotopic (exact) mass is 280 g/mol. The largest absolute Gasteiger partial charge is 0.417 e. The highest BCUT2D eigenvalue weighted by atomic mass is 35.5. The van der Waals surface area contributed by atoms with E-state index in [1.54, 1.807) is 5.41 Å². The number of nitrogens with one attached hydrogen (secondary N) is 1. The first kappa shape index (κ1) is 12.6. The van der Waals surface area contributed by atoms with Crippen molar-refractivity contribution in [3.8, 4) is 0 Å². The average molecular weight is 281 g/mol. The zero-order chi connectivity index (χ0) is 12.6. The van der Waals surface area contributed by atoms with Gasteiger partial charge in [0.2, 0.25) is 0 Å². The molecular formula is C10H8ClF3N2S. The van der Waals surface area contributed by atoms with Crippen LogP contribution in [0.1, 0.15) is 11.1 Å². The number of benzene rings is 1. The van der Waals surface area contributed by atoms with Gasteiger partial charge in [0.05, 0.1) is 10.6 Å². The quantitative estimate of drug-likeness (QED) is 0.829. The van der Waals surface area contributed by atoms with E-state index in [-0.39, 0.29) is 10.5 Å². The molecule has 0 saturated carbocycles. The highest BCUT2D eigenvalue weighted by molar-refractivity contribution is 8.03. The van der Waals surface area contributed by atoms with Gasteiger partial charge < -0.3 is 11.1 Å². The van der Waals surface area contributed by atoms with Gasteiger partial charge in [0.25, 0.3) is 0 Å². The molecule has 1 aliphatic heterocycles. The van der Waals surface area contributed by atoms with E-state index >= 15 is 0 Å². The molecular weight excluding hydrogens is 273 g/mol. The van der Waals surface area contributed by atoms with Gasteiger partial charge in [0.15, 0.2) is 0 Å². The molecule has 3 N–H and O–H groups in total. The lowest BCUT2D eigenvalue weighted by Gasteiger charge is -2.12. The number of hydrogen-bond acceptors (Lipinski definition) is 3. The smallest absolute Gasteiger partial charge is 0.360 e. The van der Waals surface area contributed by atoms with Crippen LogP contribution in [0.15, 0.2) is 23.6 Å². The molecule has 0 bridgehead atoms. The van der Waals surface area contributed by atoms with E-state index in [0.717, 1.165) is 6.07 Å².